The topological polar surface area (TPSA) is 42.0 Å². The Morgan fingerprint density at radius 3 is 2.50 bits per heavy atom. The van der Waals surface area contributed by atoms with Gasteiger partial charge in [0.05, 0.1) is 11.9 Å². The molecular formula is C12H13N2OP. The number of nitrogens with zero attached hydrogens (tertiary/aromatic N) is 1. The smallest absolute Gasteiger partial charge is 0.195 e. The Morgan fingerprint density at radius 1 is 1.12 bits per heavy atom. The van der Waals surface area contributed by atoms with Crippen LogP contribution < -0.4 is 10.4 Å². The van der Waals surface area contributed by atoms with E-state index in [9.17, 15) is 4.57 Å². The molecule has 0 fully saturated rings. The van der Waals surface area contributed by atoms with Gasteiger partial charge in [-0.2, -0.15) is 0 Å². The summed E-state index contributed by atoms with van der Waals surface area (Å²) in [6.45, 7) is 1.72. The van der Waals surface area contributed by atoms with Crippen LogP contribution in [0, 0.1) is 0 Å². The number of hydrogen-bond donors (Lipinski definition) is 1. The van der Waals surface area contributed by atoms with Gasteiger partial charge < -0.3 is 5.09 Å². The van der Waals surface area contributed by atoms with Gasteiger partial charge in [-0.3, -0.25) is 9.55 Å². The zero-order valence-electron chi connectivity index (χ0n) is 9.00. The van der Waals surface area contributed by atoms with Crippen molar-refractivity contribution in [2.75, 3.05) is 11.8 Å². The monoisotopic (exact) mass is 232 g/mol. The number of pyridine rings is 1. The molecule has 0 spiro atoms. The first-order chi connectivity index (χ1) is 7.68. The van der Waals surface area contributed by atoms with Gasteiger partial charge >= 0.3 is 0 Å². The Hall–Kier alpha value is -1.60. The van der Waals surface area contributed by atoms with Gasteiger partial charge in [-0.15, -0.1) is 0 Å². The van der Waals surface area contributed by atoms with Gasteiger partial charge in [0, 0.05) is 18.2 Å². The van der Waals surface area contributed by atoms with Crippen LogP contribution in [-0.2, 0) is 4.57 Å². The van der Waals surface area contributed by atoms with Crippen LogP contribution in [0.25, 0.3) is 0 Å². The Balaban J connectivity index is 2.25. The third-order valence-corrected chi connectivity index (χ3v) is 4.22. The number of rotatable bonds is 3. The fourth-order valence-corrected chi connectivity index (χ4v) is 2.95. The number of anilines is 1. The van der Waals surface area contributed by atoms with Crippen molar-refractivity contribution >= 4 is 18.3 Å². The largest absolute Gasteiger partial charge is 0.332 e. The van der Waals surface area contributed by atoms with Crippen LogP contribution in [-0.4, -0.2) is 11.6 Å². The fraction of sp³-hybridized carbons (Fsp3) is 0.0833. The highest BCUT2D eigenvalue weighted by Crippen LogP contribution is 2.39. The van der Waals surface area contributed by atoms with E-state index in [1.54, 1.807) is 19.1 Å². The summed E-state index contributed by atoms with van der Waals surface area (Å²) in [4.78, 5) is 3.98. The second kappa shape index (κ2) is 4.50. The van der Waals surface area contributed by atoms with Crippen LogP contribution in [0.3, 0.4) is 0 Å². The number of aromatic nitrogens is 1. The number of nitrogens with one attached hydrogen (secondary N) is 1. The van der Waals surface area contributed by atoms with Crippen LogP contribution in [0.4, 0.5) is 5.69 Å². The highest BCUT2D eigenvalue weighted by molar-refractivity contribution is 7.72. The Bertz CT molecular complexity index is 499. The van der Waals surface area contributed by atoms with E-state index in [2.05, 4.69) is 10.1 Å². The van der Waals surface area contributed by atoms with Crippen molar-refractivity contribution in [3.8, 4) is 0 Å². The third kappa shape index (κ3) is 2.50. The minimum Gasteiger partial charge on any atom is -0.332 e. The van der Waals surface area contributed by atoms with E-state index < -0.39 is 7.29 Å². The quantitative estimate of drug-likeness (QED) is 0.827. The van der Waals surface area contributed by atoms with Crippen LogP contribution in [0.1, 0.15) is 0 Å². The van der Waals surface area contributed by atoms with Crippen molar-refractivity contribution in [1.29, 1.82) is 0 Å². The van der Waals surface area contributed by atoms with Gasteiger partial charge in [0.2, 0.25) is 0 Å². The molecule has 3 nitrogen and oxygen atoms in total. The lowest BCUT2D eigenvalue weighted by Gasteiger charge is -2.15. The molecule has 1 aromatic carbocycles. The molecule has 1 heterocycles. The summed E-state index contributed by atoms with van der Waals surface area (Å²) in [6, 6.07) is 13.1. The molecule has 4 heteroatoms. The van der Waals surface area contributed by atoms with Gasteiger partial charge in [-0.1, -0.05) is 18.2 Å². The zero-order chi connectivity index (χ0) is 11.4. The Kier molecular flexibility index (Phi) is 3.07. The predicted molar refractivity (Wildman–Crippen MR) is 67.5 cm³/mol. The van der Waals surface area contributed by atoms with Crippen molar-refractivity contribution < 1.29 is 4.57 Å². The molecule has 0 bridgehead atoms. The molecule has 82 valence electrons. The SMILES string of the molecule is CP(=O)(Nc1cccnc1)c1ccccc1. The van der Waals surface area contributed by atoms with Gasteiger partial charge in [0.25, 0.3) is 0 Å². The first-order valence-corrected chi connectivity index (χ1v) is 7.15. The van der Waals surface area contributed by atoms with Gasteiger partial charge in [-0.25, -0.2) is 0 Å². The van der Waals surface area contributed by atoms with Crippen molar-refractivity contribution in [1.82, 2.24) is 4.98 Å². The second-order valence-electron chi connectivity index (χ2n) is 3.61. The van der Waals surface area contributed by atoms with Crippen LogP contribution >= 0.6 is 7.29 Å². The van der Waals surface area contributed by atoms with E-state index in [1.807, 2.05) is 42.5 Å². The summed E-state index contributed by atoms with van der Waals surface area (Å²) < 4.78 is 12.4. The maximum absolute atomic E-state index is 12.4. The van der Waals surface area contributed by atoms with E-state index >= 15 is 0 Å². The highest BCUT2D eigenvalue weighted by Gasteiger charge is 2.17. The molecule has 2 rings (SSSR count). The molecule has 2 aromatic rings. The molecule has 0 aliphatic heterocycles. The molecule has 1 N–H and O–H groups in total. The second-order valence-corrected chi connectivity index (χ2v) is 6.20. The third-order valence-electron chi connectivity index (χ3n) is 2.25. The molecule has 1 atom stereocenters. The standard InChI is InChI=1S/C12H13N2OP/c1-16(15,12-7-3-2-4-8-12)14-11-6-5-9-13-10-11/h2-10H,1H3,(H,14,15). The summed E-state index contributed by atoms with van der Waals surface area (Å²) in [7, 11) is -2.56. The summed E-state index contributed by atoms with van der Waals surface area (Å²) in [6.07, 6.45) is 3.35. The molecule has 0 aliphatic rings. The number of benzene rings is 1. The minimum absolute atomic E-state index is 0.775. The molecular weight excluding hydrogens is 219 g/mol. The molecule has 0 saturated carbocycles. The zero-order valence-corrected chi connectivity index (χ0v) is 9.89. The maximum Gasteiger partial charge on any atom is 0.195 e. The number of hydrogen-bond acceptors (Lipinski definition) is 2. The van der Waals surface area contributed by atoms with Crippen molar-refractivity contribution in [2.24, 2.45) is 0 Å². The molecule has 0 saturated heterocycles. The van der Waals surface area contributed by atoms with Crippen molar-refractivity contribution in [3.05, 3.63) is 54.9 Å². The van der Waals surface area contributed by atoms with Gasteiger partial charge in [-0.05, 0) is 24.3 Å². The molecule has 1 aromatic heterocycles. The van der Waals surface area contributed by atoms with Gasteiger partial charge in [0.1, 0.15) is 0 Å². The Morgan fingerprint density at radius 2 is 1.88 bits per heavy atom. The molecule has 1 unspecified atom stereocenters. The summed E-state index contributed by atoms with van der Waals surface area (Å²) in [5.41, 5.74) is 0.775. The fourth-order valence-electron chi connectivity index (χ4n) is 1.45. The van der Waals surface area contributed by atoms with E-state index in [-0.39, 0.29) is 0 Å². The van der Waals surface area contributed by atoms with E-state index in [0.717, 1.165) is 11.0 Å². The van der Waals surface area contributed by atoms with Crippen LogP contribution in [0.15, 0.2) is 54.9 Å². The summed E-state index contributed by atoms with van der Waals surface area (Å²) in [5, 5.41) is 3.85. The van der Waals surface area contributed by atoms with E-state index in [1.165, 1.54) is 0 Å². The van der Waals surface area contributed by atoms with Crippen LogP contribution in [0.5, 0.6) is 0 Å². The lowest BCUT2D eigenvalue weighted by Crippen LogP contribution is -2.10. The molecule has 0 aliphatic carbocycles. The predicted octanol–water partition coefficient (Wildman–Crippen LogP) is 2.73. The normalized spacial score (nSPS) is 14.1. The average Bonchev–Trinajstić information content (AvgIpc) is 2.31. The lowest BCUT2D eigenvalue weighted by molar-refractivity contribution is 0.588. The first kappa shape index (κ1) is 10.9. The Labute approximate surface area is 95.0 Å². The molecule has 16 heavy (non-hydrogen) atoms. The van der Waals surface area contributed by atoms with E-state index in [0.29, 0.717) is 0 Å². The maximum atomic E-state index is 12.4. The first-order valence-electron chi connectivity index (χ1n) is 5.00. The van der Waals surface area contributed by atoms with Crippen molar-refractivity contribution in [2.45, 2.75) is 0 Å². The van der Waals surface area contributed by atoms with Crippen molar-refractivity contribution in [3.63, 3.8) is 0 Å². The van der Waals surface area contributed by atoms with E-state index in [4.69, 9.17) is 0 Å². The summed E-state index contributed by atoms with van der Waals surface area (Å²) >= 11 is 0. The van der Waals surface area contributed by atoms with Crippen LogP contribution in [0.2, 0.25) is 0 Å². The molecule has 0 radical (unpaired) electrons. The summed E-state index contributed by atoms with van der Waals surface area (Å²) in [5.74, 6) is 0. The average molecular weight is 232 g/mol. The van der Waals surface area contributed by atoms with Gasteiger partial charge in [0.15, 0.2) is 7.29 Å². The minimum atomic E-state index is -2.56. The lowest BCUT2D eigenvalue weighted by atomic mass is 10.4. The molecule has 0 amide bonds. The highest BCUT2D eigenvalue weighted by atomic mass is 31.2.